The molecule has 2 aromatic carbocycles. The number of aliphatic hydroxyl groups is 1. The first-order valence-corrected chi connectivity index (χ1v) is 7.78. The van der Waals surface area contributed by atoms with Crippen LogP contribution in [0.3, 0.4) is 0 Å². The summed E-state index contributed by atoms with van der Waals surface area (Å²) in [5.41, 5.74) is 0.960. The molecule has 0 bridgehead atoms. The van der Waals surface area contributed by atoms with Gasteiger partial charge in [0.15, 0.2) is 0 Å². The zero-order chi connectivity index (χ0) is 14.4. The van der Waals surface area contributed by atoms with Gasteiger partial charge in [-0.05, 0) is 42.5 Å². The van der Waals surface area contributed by atoms with Crippen molar-refractivity contribution in [2.75, 3.05) is 18.5 Å². The third kappa shape index (κ3) is 5.15. The number of hydrogen-bond acceptors (Lipinski definition) is 3. The van der Waals surface area contributed by atoms with Crippen LogP contribution < -0.4 is 10.1 Å². The van der Waals surface area contributed by atoms with Gasteiger partial charge in [-0.1, -0.05) is 37.9 Å². The normalized spacial score (nSPS) is 11.9. The van der Waals surface area contributed by atoms with Crippen LogP contribution in [-0.4, -0.2) is 24.4 Å². The minimum atomic E-state index is -0.572. The number of rotatable bonds is 6. The third-order valence-electron chi connectivity index (χ3n) is 2.62. The van der Waals surface area contributed by atoms with Gasteiger partial charge in [0.25, 0.3) is 0 Å². The summed E-state index contributed by atoms with van der Waals surface area (Å²) in [5, 5.41) is 13.1. The fraction of sp³-hybridized carbons (Fsp3) is 0.200. The Bertz CT molecular complexity index is 546. The van der Waals surface area contributed by atoms with Crippen LogP contribution in [0.5, 0.6) is 5.75 Å². The Morgan fingerprint density at radius 1 is 1.05 bits per heavy atom. The molecule has 0 aromatic heterocycles. The summed E-state index contributed by atoms with van der Waals surface area (Å²) in [6.45, 7) is 0.690. The van der Waals surface area contributed by atoms with Crippen LogP contribution in [0.2, 0.25) is 0 Å². The van der Waals surface area contributed by atoms with Gasteiger partial charge >= 0.3 is 0 Å². The molecule has 1 atom stereocenters. The average molecular weight is 401 g/mol. The van der Waals surface area contributed by atoms with Crippen molar-refractivity contribution in [2.45, 2.75) is 6.10 Å². The van der Waals surface area contributed by atoms with E-state index >= 15 is 0 Å². The summed E-state index contributed by atoms with van der Waals surface area (Å²) in [7, 11) is 0. The molecule has 1 unspecified atom stereocenters. The van der Waals surface area contributed by atoms with Crippen LogP contribution in [-0.2, 0) is 0 Å². The van der Waals surface area contributed by atoms with E-state index in [9.17, 15) is 5.11 Å². The van der Waals surface area contributed by atoms with E-state index in [2.05, 4.69) is 37.2 Å². The van der Waals surface area contributed by atoms with Gasteiger partial charge in [0.1, 0.15) is 18.5 Å². The molecule has 0 radical (unpaired) electrons. The first kappa shape index (κ1) is 15.4. The van der Waals surface area contributed by atoms with Crippen LogP contribution in [0.15, 0.2) is 57.5 Å². The number of anilines is 1. The predicted molar refractivity (Wildman–Crippen MR) is 88.3 cm³/mol. The highest BCUT2D eigenvalue weighted by Crippen LogP contribution is 2.17. The summed E-state index contributed by atoms with van der Waals surface area (Å²) >= 11 is 6.77. The Labute approximate surface area is 135 Å². The molecule has 0 saturated carbocycles. The van der Waals surface area contributed by atoms with Gasteiger partial charge in [-0.25, -0.2) is 0 Å². The molecule has 0 aliphatic rings. The summed E-state index contributed by atoms with van der Waals surface area (Å²) in [6, 6.07) is 15.3. The summed E-state index contributed by atoms with van der Waals surface area (Å²) in [5.74, 6) is 0.745. The molecule has 2 rings (SSSR count). The second-order valence-corrected chi connectivity index (χ2v) is 6.14. The summed E-state index contributed by atoms with van der Waals surface area (Å²) in [4.78, 5) is 0. The number of nitrogens with one attached hydrogen (secondary N) is 1. The highest BCUT2D eigenvalue weighted by molar-refractivity contribution is 9.10. The molecular weight excluding hydrogens is 386 g/mol. The zero-order valence-electron chi connectivity index (χ0n) is 10.7. The minimum absolute atomic E-state index is 0.253. The number of halogens is 2. The number of hydrogen-bond donors (Lipinski definition) is 2. The van der Waals surface area contributed by atoms with Crippen LogP contribution >= 0.6 is 31.9 Å². The second kappa shape index (κ2) is 7.67. The summed E-state index contributed by atoms with van der Waals surface area (Å²) < 4.78 is 7.52. The van der Waals surface area contributed by atoms with Crippen molar-refractivity contribution in [3.63, 3.8) is 0 Å². The Morgan fingerprint density at radius 2 is 1.80 bits per heavy atom. The molecule has 0 aliphatic heterocycles. The Hall–Kier alpha value is -1.04. The Balaban J connectivity index is 1.75. The average Bonchev–Trinajstić information content (AvgIpc) is 2.45. The molecule has 0 saturated heterocycles. The number of ether oxygens (including phenoxy) is 1. The molecule has 0 heterocycles. The second-order valence-electron chi connectivity index (χ2n) is 4.31. The lowest BCUT2D eigenvalue weighted by Gasteiger charge is -2.14. The van der Waals surface area contributed by atoms with Crippen molar-refractivity contribution in [1.82, 2.24) is 0 Å². The van der Waals surface area contributed by atoms with Gasteiger partial charge in [0.2, 0.25) is 0 Å². The summed E-state index contributed by atoms with van der Waals surface area (Å²) in [6.07, 6.45) is -0.572. The van der Waals surface area contributed by atoms with Gasteiger partial charge in [0.05, 0.1) is 0 Å². The zero-order valence-corrected chi connectivity index (χ0v) is 13.9. The number of benzene rings is 2. The van der Waals surface area contributed by atoms with Gasteiger partial charge in [0, 0.05) is 21.2 Å². The van der Waals surface area contributed by atoms with Crippen molar-refractivity contribution in [3.8, 4) is 5.75 Å². The fourth-order valence-electron chi connectivity index (χ4n) is 1.62. The molecule has 0 aliphatic carbocycles. The third-order valence-corrected chi connectivity index (χ3v) is 3.64. The smallest absolute Gasteiger partial charge is 0.119 e. The van der Waals surface area contributed by atoms with E-state index in [0.29, 0.717) is 6.54 Å². The van der Waals surface area contributed by atoms with Crippen LogP contribution in [0.1, 0.15) is 0 Å². The first-order valence-electron chi connectivity index (χ1n) is 6.19. The van der Waals surface area contributed by atoms with E-state index in [4.69, 9.17) is 4.74 Å². The largest absolute Gasteiger partial charge is 0.491 e. The maximum Gasteiger partial charge on any atom is 0.119 e. The standard InChI is InChI=1S/C15H15Br2NO2/c16-11-4-6-15(7-5-11)20-10-14(19)9-18-13-3-1-2-12(17)8-13/h1-8,14,18-19H,9-10H2. The van der Waals surface area contributed by atoms with Crippen molar-refractivity contribution in [1.29, 1.82) is 0 Å². The van der Waals surface area contributed by atoms with Crippen LogP contribution in [0.4, 0.5) is 5.69 Å². The van der Waals surface area contributed by atoms with Gasteiger partial charge in [-0.15, -0.1) is 0 Å². The Morgan fingerprint density at radius 3 is 2.50 bits per heavy atom. The van der Waals surface area contributed by atoms with Crippen LogP contribution in [0.25, 0.3) is 0 Å². The monoisotopic (exact) mass is 399 g/mol. The SMILES string of the molecule is OC(CNc1cccc(Br)c1)COc1ccc(Br)cc1. The van der Waals surface area contributed by atoms with Crippen LogP contribution in [0, 0.1) is 0 Å². The fourth-order valence-corrected chi connectivity index (χ4v) is 2.28. The van der Waals surface area contributed by atoms with Crippen molar-refractivity contribution in [3.05, 3.63) is 57.5 Å². The lowest BCUT2D eigenvalue weighted by atomic mass is 10.3. The maximum absolute atomic E-state index is 9.89. The van der Waals surface area contributed by atoms with Crippen molar-refractivity contribution < 1.29 is 9.84 Å². The van der Waals surface area contributed by atoms with Crippen molar-refractivity contribution in [2.24, 2.45) is 0 Å². The van der Waals surface area contributed by atoms with E-state index in [1.165, 1.54) is 0 Å². The lowest BCUT2D eigenvalue weighted by Crippen LogP contribution is -2.26. The Kier molecular flexibility index (Phi) is 5.88. The molecule has 2 aromatic rings. The molecule has 0 fully saturated rings. The van der Waals surface area contributed by atoms with Crippen molar-refractivity contribution >= 4 is 37.5 Å². The van der Waals surface area contributed by atoms with Gasteiger partial charge < -0.3 is 15.2 Å². The molecule has 0 spiro atoms. The van der Waals surface area contributed by atoms with E-state index < -0.39 is 6.10 Å². The highest BCUT2D eigenvalue weighted by Gasteiger charge is 2.05. The minimum Gasteiger partial charge on any atom is -0.491 e. The molecule has 20 heavy (non-hydrogen) atoms. The molecular formula is C15H15Br2NO2. The molecule has 0 amide bonds. The number of aliphatic hydroxyl groups excluding tert-OH is 1. The van der Waals surface area contributed by atoms with E-state index in [-0.39, 0.29) is 6.61 Å². The highest BCUT2D eigenvalue weighted by atomic mass is 79.9. The molecule has 3 nitrogen and oxygen atoms in total. The maximum atomic E-state index is 9.89. The molecule has 5 heteroatoms. The molecule has 2 N–H and O–H groups in total. The first-order chi connectivity index (χ1) is 9.63. The van der Waals surface area contributed by atoms with E-state index in [1.54, 1.807) is 0 Å². The topological polar surface area (TPSA) is 41.5 Å². The van der Waals surface area contributed by atoms with E-state index in [1.807, 2.05) is 48.5 Å². The van der Waals surface area contributed by atoms with Gasteiger partial charge in [-0.3, -0.25) is 0 Å². The lowest BCUT2D eigenvalue weighted by molar-refractivity contribution is 0.117. The molecule has 106 valence electrons. The van der Waals surface area contributed by atoms with E-state index in [0.717, 1.165) is 20.4 Å². The predicted octanol–water partition coefficient (Wildman–Crippen LogP) is 4.06. The van der Waals surface area contributed by atoms with Gasteiger partial charge in [-0.2, -0.15) is 0 Å². The quantitative estimate of drug-likeness (QED) is 0.768.